The fraction of sp³-hybridized carbons (Fsp3) is 1.00. The highest BCUT2D eigenvalue weighted by atomic mass is 32.2. The maximum absolute atomic E-state index is 9.33. The molecule has 0 bridgehead atoms. The molecule has 0 aromatic rings. The van der Waals surface area contributed by atoms with E-state index in [2.05, 4.69) is 0 Å². The minimum atomic E-state index is -1.14. The Bertz CT molecular complexity index is 150. The lowest BCUT2D eigenvalue weighted by Gasteiger charge is -2.37. The van der Waals surface area contributed by atoms with Gasteiger partial charge in [0.15, 0.2) is 0 Å². The smallest absolute Gasteiger partial charge is 0.108 e. The van der Waals surface area contributed by atoms with Gasteiger partial charge in [-0.05, 0) is 0 Å². The van der Waals surface area contributed by atoms with Crippen molar-refractivity contribution in [3.63, 3.8) is 0 Å². The Labute approximate surface area is 75.2 Å². The van der Waals surface area contributed by atoms with Crippen LogP contribution >= 0.6 is 11.8 Å². The van der Waals surface area contributed by atoms with E-state index in [0.29, 0.717) is 0 Å². The van der Waals surface area contributed by atoms with Crippen molar-refractivity contribution in [1.82, 2.24) is 0 Å². The summed E-state index contributed by atoms with van der Waals surface area (Å²) in [6, 6.07) is 0. The molecule has 5 atom stereocenters. The zero-order valence-corrected chi connectivity index (χ0v) is 7.61. The average molecular weight is 194 g/mol. The fourth-order valence-electron chi connectivity index (χ4n) is 1.29. The van der Waals surface area contributed by atoms with Crippen molar-refractivity contribution in [2.75, 3.05) is 6.61 Å². The van der Waals surface area contributed by atoms with Gasteiger partial charge in [0.2, 0.25) is 0 Å². The van der Waals surface area contributed by atoms with Crippen LogP contribution in [0.1, 0.15) is 6.92 Å². The summed E-state index contributed by atoms with van der Waals surface area (Å²) in [5.41, 5.74) is 0. The first-order chi connectivity index (χ1) is 5.57. The van der Waals surface area contributed by atoms with Crippen LogP contribution in [0.2, 0.25) is 0 Å². The lowest BCUT2D eigenvalue weighted by atomic mass is 10.0. The molecule has 4 N–H and O–H groups in total. The summed E-state index contributed by atoms with van der Waals surface area (Å²) in [6.45, 7) is 1.58. The predicted molar refractivity (Wildman–Crippen MR) is 45.9 cm³/mol. The summed E-state index contributed by atoms with van der Waals surface area (Å²) in [6.07, 6.45) is -3.09. The van der Waals surface area contributed by atoms with E-state index in [9.17, 15) is 15.3 Å². The van der Waals surface area contributed by atoms with Crippen LogP contribution in [0.25, 0.3) is 0 Å². The highest BCUT2D eigenvalue weighted by Crippen LogP contribution is 2.31. The molecule has 0 amide bonds. The van der Waals surface area contributed by atoms with Gasteiger partial charge >= 0.3 is 0 Å². The largest absolute Gasteiger partial charge is 0.395 e. The molecule has 0 aromatic carbocycles. The molecule has 0 radical (unpaired) electrons. The highest BCUT2D eigenvalue weighted by molar-refractivity contribution is 8.00. The monoisotopic (exact) mass is 194 g/mol. The lowest BCUT2D eigenvalue weighted by molar-refractivity contribution is -0.0680. The summed E-state index contributed by atoms with van der Waals surface area (Å²) in [5, 5.41) is 36.2. The quantitative estimate of drug-likeness (QED) is 0.411. The number of aliphatic hydroxyl groups excluding tert-OH is 4. The molecule has 1 heterocycles. The van der Waals surface area contributed by atoms with Crippen LogP contribution in [-0.4, -0.2) is 55.8 Å². The molecule has 0 saturated carbocycles. The second-order valence-electron chi connectivity index (χ2n) is 3.03. The molecule has 1 unspecified atom stereocenters. The van der Waals surface area contributed by atoms with Crippen LogP contribution in [-0.2, 0) is 0 Å². The summed E-state index contributed by atoms with van der Waals surface area (Å²) in [7, 11) is 0. The zero-order valence-electron chi connectivity index (χ0n) is 6.79. The Kier molecular flexibility index (Phi) is 3.37. The third-order valence-corrected chi connectivity index (χ3v) is 3.62. The van der Waals surface area contributed by atoms with Crippen LogP contribution in [0.15, 0.2) is 0 Å². The molecule has 0 aliphatic carbocycles. The van der Waals surface area contributed by atoms with Gasteiger partial charge in [-0.25, -0.2) is 0 Å². The van der Waals surface area contributed by atoms with Crippen molar-refractivity contribution in [2.45, 2.75) is 35.7 Å². The van der Waals surface area contributed by atoms with E-state index in [4.69, 9.17) is 5.11 Å². The number of aliphatic hydroxyl groups is 4. The van der Waals surface area contributed by atoms with Gasteiger partial charge in [0.05, 0.1) is 24.1 Å². The normalized spacial score (nSPS) is 49.2. The van der Waals surface area contributed by atoms with Gasteiger partial charge in [0.1, 0.15) is 6.10 Å². The molecule has 0 spiro atoms. The van der Waals surface area contributed by atoms with E-state index in [1.54, 1.807) is 6.92 Å². The molecule has 0 aromatic heterocycles. The number of rotatable bonds is 1. The van der Waals surface area contributed by atoms with Crippen molar-refractivity contribution in [3.05, 3.63) is 0 Å². The molecule has 1 fully saturated rings. The van der Waals surface area contributed by atoms with Gasteiger partial charge in [-0.3, -0.25) is 0 Å². The van der Waals surface area contributed by atoms with Crippen molar-refractivity contribution >= 4 is 11.8 Å². The van der Waals surface area contributed by atoms with Crippen LogP contribution in [0.3, 0.4) is 0 Å². The summed E-state index contributed by atoms with van der Waals surface area (Å²) < 4.78 is 0. The van der Waals surface area contributed by atoms with E-state index in [1.165, 1.54) is 11.8 Å². The molecule has 5 heteroatoms. The molecule has 12 heavy (non-hydrogen) atoms. The van der Waals surface area contributed by atoms with Crippen LogP contribution in [0.4, 0.5) is 0 Å². The predicted octanol–water partition coefficient (Wildman–Crippen LogP) is -1.43. The minimum absolute atomic E-state index is 0.152. The van der Waals surface area contributed by atoms with Gasteiger partial charge < -0.3 is 20.4 Å². The van der Waals surface area contributed by atoms with Crippen molar-refractivity contribution in [2.24, 2.45) is 0 Å². The molecule has 1 aliphatic heterocycles. The first-order valence-electron chi connectivity index (χ1n) is 3.88. The van der Waals surface area contributed by atoms with Gasteiger partial charge in [-0.2, -0.15) is 0 Å². The molecule has 1 aliphatic rings. The van der Waals surface area contributed by atoms with Gasteiger partial charge in [0, 0.05) is 5.25 Å². The maximum atomic E-state index is 9.33. The van der Waals surface area contributed by atoms with E-state index in [0.717, 1.165) is 0 Å². The molecule has 72 valence electrons. The SMILES string of the molecule is C[C@@H]1S[C@H](CO)[C@@H](O)C(O)[C@H]1O. The average Bonchev–Trinajstić information content (AvgIpc) is 2.08. The molecular weight excluding hydrogens is 180 g/mol. The Morgan fingerprint density at radius 3 is 2.17 bits per heavy atom. The molecule has 1 saturated heterocycles. The maximum Gasteiger partial charge on any atom is 0.108 e. The van der Waals surface area contributed by atoms with Gasteiger partial charge in [-0.15, -0.1) is 11.8 Å². The summed E-state index contributed by atoms with van der Waals surface area (Å²) in [4.78, 5) is 0. The summed E-state index contributed by atoms with van der Waals surface area (Å²) in [5.74, 6) is 0. The molecule has 1 rings (SSSR count). The zero-order chi connectivity index (χ0) is 9.30. The molecule has 4 nitrogen and oxygen atoms in total. The van der Waals surface area contributed by atoms with Crippen molar-refractivity contribution in [3.8, 4) is 0 Å². The van der Waals surface area contributed by atoms with Crippen molar-refractivity contribution < 1.29 is 20.4 Å². The third kappa shape index (κ3) is 1.75. The van der Waals surface area contributed by atoms with E-state index in [1.807, 2.05) is 0 Å². The minimum Gasteiger partial charge on any atom is -0.395 e. The first-order valence-corrected chi connectivity index (χ1v) is 4.82. The lowest BCUT2D eigenvalue weighted by Crippen LogP contribution is -2.53. The van der Waals surface area contributed by atoms with Crippen molar-refractivity contribution in [1.29, 1.82) is 0 Å². The molecular formula is C7H14O4S. The summed E-state index contributed by atoms with van der Waals surface area (Å²) >= 11 is 1.30. The number of hydrogen-bond acceptors (Lipinski definition) is 5. The highest BCUT2D eigenvalue weighted by Gasteiger charge is 2.40. The second-order valence-corrected chi connectivity index (χ2v) is 4.66. The number of hydrogen-bond donors (Lipinski definition) is 4. The number of thioether (sulfide) groups is 1. The standard InChI is InChI=1S/C7H14O4S/c1-3-5(9)7(11)6(10)4(2-8)12-3/h3-11H,2H2,1H3/t3-,4+,5-,6+,7?/m0/s1. The van der Waals surface area contributed by atoms with Gasteiger partial charge in [0.25, 0.3) is 0 Å². The van der Waals surface area contributed by atoms with Gasteiger partial charge in [-0.1, -0.05) is 6.92 Å². The third-order valence-electron chi connectivity index (χ3n) is 2.13. The van der Waals surface area contributed by atoms with E-state index >= 15 is 0 Å². The topological polar surface area (TPSA) is 80.9 Å². The first kappa shape index (κ1) is 10.3. The van der Waals surface area contributed by atoms with Crippen LogP contribution in [0, 0.1) is 0 Å². The van der Waals surface area contributed by atoms with Crippen LogP contribution < -0.4 is 0 Å². The van der Waals surface area contributed by atoms with E-state index in [-0.39, 0.29) is 11.9 Å². The van der Waals surface area contributed by atoms with Crippen LogP contribution in [0.5, 0.6) is 0 Å². The Hall–Kier alpha value is 0.190. The Morgan fingerprint density at radius 1 is 1.08 bits per heavy atom. The van der Waals surface area contributed by atoms with E-state index < -0.39 is 23.6 Å². The Morgan fingerprint density at radius 2 is 1.67 bits per heavy atom. The fourth-order valence-corrected chi connectivity index (χ4v) is 2.57. The Balaban J connectivity index is 2.63. The second kappa shape index (κ2) is 3.93.